The summed E-state index contributed by atoms with van der Waals surface area (Å²) >= 11 is 1.90. The molecule has 0 aliphatic rings. The molecule has 2 nitrogen and oxygen atoms in total. The summed E-state index contributed by atoms with van der Waals surface area (Å²) in [5.41, 5.74) is 9.02. The number of nitrogen functional groups attached to an aromatic ring is 1. The van der Waals surface area contributed by atoms with Crippen molar-refractivity contribution in [1.82, 2.24) is 0 Å². The molecule has 0 atom stereocenters. The lowest BCUT2D eigenvalue weighted by Crippen LogP contribution is -2.04. The third kappa shape index (κ3) is 4.47. The average molecular weight is 224 g/mol. The molecule has 1 aromatic carbocycles. The Balaban J connectivity index is 2.33. The van der Waals surface area contributed by atoms with Crippen LogP contribution in [0, 0.1) is 6.92 Å². The van der Waals surface area contributed by atoms with Crippen LogP contribution in [-0.2, 0) is 0 Å². The van der Waals surface area contributed by atoms with Crippen molar-refractivity contribution < 1.29 is 0 Å². The van der Waals surface area contributed by atoms with E-state index in [1.54, 1.807) is 0 Å². The molecule has 0 spiro atoms. The van der Waals surface area contributed by atoms with Crippen LogP contribution in [-0.4, -0.2) is 18.6 Å². The van der Waals surface area contributed by atoms with E-state index >= 15 is 0 Å². The van der Waals surface area contributed by atoms with Crippen LogP contribution in [0.4, 0.5) is 11.4 Å². The Bertz CT molecular complexity index is 300. The van der Waals surface area contributed by atoms with E-state index in [4.69, 9.17) is 5.73 Å². The molecule has 0 saturated carbocycles. The van der Waals surface area contributed by atoms with Crippen LogP contribution in [0.2, 0.25) is 0 Å². The van der Waals surface area contributed by atoms with Crippen molar-refractivity contribution in [2.75, 3.05) is 29.6 Å². The number of aryl methyl sites for hydroxylation is 1. The van der Waals surface area contributed by atoms with Gasteiger partial charge in [-0.25, -0.2) is 0 Å². The molecule has 3 N–H and O–H groups in total. The second-order valence-corrected chi connectivity index (χ2v) is 4.70. The van der Waals surface area contributed by atoms with Crippen LogP contribution >= 0.6 is 11.8 Å². The summed E-state index contributed by atoms with van der Waals surface area (Å²) in [5.74, 6) is 1.24. The second kappa shape index (κ2) is 6.62. The maximum absolute atomic E-state index is 5.86. The van der Waals surface area contributed by atoms with Crippen LogP contribution in [0.5, 0.6) is 0 Å². The molecule has 0 aromatic heterocycles. The lowest BCUT2D eigenvalue weighted by molar-refractivity contribution is 0.843. The summed E-state index contributed by atoms with van der Waals surface area (Å²) in [6.45, 7) is 3.09. The average Bonchev–Trinajstić information content (AvgIpc) is 2.23. The summed E-state index contributed by atoms with van der Waals surface area (Å²) in [6.07, 6.45) is 4.61. The predicted octanol–water partition coefficient (Wildman–Crippen LogP) is 3.13. The molecule has 0 aliphatic carbocycles. The minimum Gasteiger partial charge on any atom is -0.397 e. The molecule has 0 fully saturated rings. The van der Waals surface area contributed by atoms with Gasteiger partial charge in [-0.05, 0) is 49.5 Å². The number of nitrogens with two attached hydrogens (primary N) is 1. The van der Waals surface area contributed by atoms with Crippen molar-refractivity contribution in [2.24, 2.45) is 0 Å². The van der Waals surface area contributed by atoms with Gasteiger partial charge in [0.1, 0.15) is 0 Å². The molecule has 0 unspecified atom stereocenters. The van der Waals surface area contributed by atoms with Crippen LogP contribution in [0.25, 0.3) is 0 Å². The normalized spacial score (nSPS) is 10.3. The zero-order chi connectivity index (χ0) is 11.1. The topological polar surface area (TPSA) is 38.0 Å². The van der Waals surface area contributed by atoms with Crippen molar-refractivity contribution in [3.63, 3.8) is 0 Å². The van der Waals surface area contributed by atoms with Crippen molar-refractivity contribution in [3.8, 4) is 0 Å². The highest BCUT2D eigenvalue weighted by Gasteiger charge is 1.97. The summed E-state index contributed by atoms with van der Waals surface area (Å²) in [7, 11) is 0. The van der Waals surface area contributed by atoms with E-state index < -0.39 is 0 Å². The molecule has 0 saturated heterocycles. The van der Waals surface area contributed by atoms with Crippen LogP contribution in [0.3, 0.4) is 0 Å². The van der Waals surface area contributed by atoms with E-state index in [-0.39, 0.29) is 0 Å². The van der Waals surface area contributed by atoms with Crippen molar-refractivity contribution in [1.29, 1.82) is 0 Å². The zero-order valence-electron chi connectivity index (χ0n) is 9.55. The van der Waals surface area contributed by atoms with Gasteiger partial charge in [-0.3, -0.25) is 0 Å². The molecular formula is C12H20N2S. The first-order chi connectivity index (χ1) is 7.24. The SMILES string of the molecule is CSCCCCNc1cc(C)ccc1N. The number of thioether (sulfide) groups is 1. The van der Waals surface area contributed by atoms with Gasteiger partial charge >= 0.3 is 0 Å². The predicted molar refractivity (Wildman–Crippen MR) is 71.7 cm³/mol. The highest BCUT2D eigenvalue weighted by atomic mass is 32.2. The van der Waals surface area contributed by atoms with Gasteiger partial charge in [0.15, 0.2) is 0 Å². The van der Waals surface area contributed by atoms with Crippen molar-refractivity contribution in [2.45, 2.75) is 19.8 Å². The number of rotatable bonds is 6. The fourth-order valence-electron chi connectivity index (χ4n) is 1.42. The molecule has 1 rings (SSSR count). The molecule has 0 radical (unpaired) electrons. The van der Waals surface area contributed by atoms with Gasteiger partial charge in [0, 0.05) is 6.54 Å². The number of benzene rings is 1. The minimum absolute atomic E-state index is 0.838. The standard InChI is InChI=1S/C12H20N2S/c1-10-5-6-11(13)12(9-10)14-7-3-4-8-15-2/h5-6,9,14H,3-4,7-8,13H2,1-2H3. The molecule has 0 heterocycles. The number of anilines is 2. The van der Waals surface area contributed by atoms with Gasteiger partial charge < -0.3 is 11.1 Å². The smallest absolute Gasteiger partial charge is 0.0576 e. The largest absolute Gasteiger partial charge is 0.397 e. The number of unbranched alkanes of at least 4 members (excludes halogenated alkanes) is 1. The van der Waals surface area contributed by atoms with E-state index in [1.807, 2.05) is 23.9 Å². The number of hydrogen-bond donors (Lipinski definition) is 2. The fourth-order valence-corrected chi connectivity index (χ4v) is 1.91. The van der Waals surface area contributed by atoms with Gasteiger partial charge in [0.2, 0.25) is 0 Å². The van der Waals surface area contributed by atoms with Gasteiger partial charge in [-0.2, -0.15) is 11.8 Å². The molecular weight excluding hydrogens is 204 g/mol. The highest BCUT2D eigenvalue weighted by Crippen LogP contribution is 2.19. The third-order valence-electron chi connectivity index (χ3n) is 2.30. The Kier molecular flexibility index (Phi) is 5.40. The van der Waals surface area contributed by atoms with Crippen LogP contribution in [0.15, 0.2) is 18.2 Å². The van der Waals surface area contributed by atoms with Crippen molar-refractivity contribution in [3.05, 3.63) is 23.8 Å². The second-order valence-electron chi connectivity index (χ2n) is 3.72. The first kappa shape index (κ1) is 12.2. The molecule has 15 heavy (non-hydrogen) atoms. The summed E-state index contributed by atoms with van der Waals surface area (Å²) < 4.78 is 0. The van der Waals surface area contributed by atoms with Gasteiger partial charge in [-0.1, -0.05) is 6.07 Å². The third-order valence-corrected chi connectivity index (χ3v) is 3.00. The first-order valence-electron chi connectivity index (χ1n) is 5.33. The highest BCUT2D eigenvalue weighted by molar-refractivity contribution is 7.98. The van der Waals surface area contributed by atoms with Gasteiger partial charge in [0.25, 0.3) is 0 Å². The Labute approximate surface area is 96.6 Å². The first-order valence-corrected chi connectivity index (χ1v) is 6.72. The summed E-state index contributed by atoms with van der Waals surface area (Å²) in [6, 6.07) is 6.09. The fraction of sp³-hybridized carbons (Fsp3) is 0.500. The van der Waals surface area contributed by atoms with Crippen LogP contribution < -0.4 is 11.1 Å². The van der Waals surface area contributed by atoms with E-state index in [0.717, 1.165) is 17.9 Å². The molecule has 0 aliphatic heterocycles. The van der Waals surface area contributed by atoms with E-state index in [9.17, 15) is 0 Å². The monoisotopic (exact) mass is 224 g/mol. The Hall–Kier alpha value is -0.830. The molecule has 0 amide bonds. The Morgan fingerprint density at radius 2 is 2.13 bits per heavy atom. The van der Waals surface area contributed by atoms with E-state index in [2.05, 4.69) is 24.6 Å². The summed E-state index contributed by atoms with van der Waals surface area (Å²) in [4.78, 5) is 0. The molecule has 84 valence electrons. The van der Waals surface area contributed by atoms with Gasteiger partial charge in [0.05, 0.1) is 11.4 Å². The molecule has 0 bridgehead atoms. The molecule has 1 aromatic rings. The maximum atomic E-state index is 5.86. The van der Waals surface area contributed by atoms with Gasteiger partial charge in [-0.15, -0.1) is 0 Å². The molecule has 3 heteroatoms. The quantitative estimate of drug-likeness (QED) is 0.576. The maximum Gasteiger partial charge on any atom is 0.0576 e. The Morgan fingerprint density at radius 1 is 1.33 bits per heavy atom. The lowest BCUT2D eigenvalue weighted by atomic mass is 10.2. The van der Waals surface area contributed by atoms with E-state index in [1.165, 1.54) is 24.2 Å². The minimum atomic E-state index is 0.838. The summed E-state index contributed by atoms with van der Waals surface area (Å²) in [5, 5.41) is 3.38. The lowest BCUT2D eigenvalue weighted by Gasteiger charge is -2.09. The van der Waals surface area contributed by atoms with Crippen molar-refractivity contribution >= 4 is 23.1 Å². The number of nitrogens with one attached hydrogen (secondary N) is 1. The zero-order valence-corrected chi connectivity index (χ0v) is 10.4. The Morgan fingerprint density at radius 3 is 2.87 bits per heavy atom. The van der Waals surface area contributed by atoms with Crippen LogP contribution in [0.1, 0.15) is 18.4 Å². The number of hydrogen-bond acceptors (Lipinski definition) is 3. The van der Waals surface area contributed by atoms with E-state index in [0.29, 0.717) is 0 Å².